The first-order chi connectivity index (χ1) is 8.22. The summed E-state index contributed by atoms with van der Waals surface area (Å²) in [4.78, 5) is 2.60. The summed E-state index contributed by atoms with van der Waals surface area (Å²) in [5.74, 6) is 1.78. The van der Waals surface area contributed by atoms with Gasteiger partial charge in [-0.05, 0) is 49.0 Å². The van der Waals surface area contributed by atoms with E-state index in [4.69, 9.17) is 0 Å². The predicted octanol–water partition coefficient (Wildman–Crippen LogP) is 2.41. The molecule has 0 aromatic heterocycles. The quantitative estimate of drug-likeness (QED) is 0.901. The van der Waals surface area contributed by atoms with Crippen molar-refractivity contribution >= 4 is 15.9 Å². The number of hydrogen-bond acceptors (Lipinski definition) is 2. The number of nitrogens with zero attached hydrogens (tertiary/aromatic N) is 1. The molecule has 3 heteroatoms. The van der Waals surface area contributed by atoms with Crippen molar-refractivity contribution in [1.82, 2.24) is 10.2 Å². The molecule has 0 bridgehead atoms. The lowest BCUT2D eigenvalue weighted by molar-refractivity contribution is 0.305. The zero-order valence-corrected chi connectivity index (χ0v) is 11.8. The first-order valence-electron chi connectivity index (χ1n) is 6.40. The van der Waals surface area contributed by atoms with Crippen molar-refractivity contribution in [2.24, 2.45) is 11.8 Å². The highest BCUT2D eigenvalue weighted by Crippen LogP contribution is 2.29. The summed E-state index contributed by atoms with van der Waals surface area (Å²) in [5, 5.41) is 3.49. The molecule has 3 rings (SSSR count). The number of fused-ring (bicyclic) bond motifs is 1. The van der Waals surface area contributed by atoms with Crippen molar-refractivity contribution < 1.29 is 0 Å². The van der Waals surface area contributed by atoms with Gasteiger partial charge in [-0.25, -0.2) is 0 Å². The number of rotatable bonds is 2. The van der Waals surface area contributed by atoms with Gasteiger partial charge in [0.05, 0.1) is 0 Å². The van der Waals surface area contributed by atoms with Gasteiger partial charge in [0.15, 0.2) is 0 Å². The predicted molar refractivity (Wildman–Crippen MR) is 74.0 cm³/mol. The molecule has 2 heterocycles. The number of benzene rings is 1. The van der Waals surface area contributed by atoms with Crippen LogP contribution in [0.3, 0.4) is 0 Å². The minimum atomic E-state index is 0.888. The normalized spacial score (nSPS) is 28.6. The lowest BCUT2D eigenvalue weighted by atomic mass is 10.0. The molecule has 17 heavy (non-hydrogen) atoms. The Bertz CT molecular complexity index is 407. The Kier molecular flexibility index (Phi) is 3.24. The highest BCUT2D eigenvalue weighted by molar-refractivity contribution is 9.10. The zero-order valence-electron chi connectivity index (χ0n) is 10.2. The third-order valence-electron chi connectivity index (χ3n) is 4.07. The number of halogens is 1. The van der Waals surface area contributed by atoms with Crippen LogP contribution in [0.25, 0.3) is 0 Å². The lowest BCUT2D eigenvalue weighted by Gasteiger charge is -2.18. The third kappa shape index (κ3) is 2.42. The molecule has 0 saturated carbocycles. The highest BCUT2D eigenvalue weighted by Gasteiger charge is 2.35. The Balaban J connectivity index is 1.67. The summed E-state index contributed by atoms with van der Waals surface area (Å²) >= 11 is 3.68. The molecule has 1 aromatic rings. The van der Waals surface area contributed by atoms with Crippen molar-refractivity contribution in [2.75, 3.05) is 26.2 Å². The van der Waals surface area contributed by atoms with Crippen LogP contribution in [-0.4, -0.2) is 31.1 Å². The van der Waals surface area contributed by atoms with Crippen molar-refractivity contribution in [3.8, 4) is 0 Å². The largest absolute Gasteiger partial charge is 0.316 e. The van der Waals surface area contributed by atoms with Crippen LogP contribution in [0.1, 0.15) is 11.1 Å². The second-order valence-electron chi connectivity index (χ2n) is 5.47. The van der Waals surface area contributed by atoms with Gasteiger partial charge < -0.3 is 5.32 Å². The van der Waals surface area contributed by atoms with Gasteiger partial charge in [-0.2, -0.15) is 0 Å². The van der Waals surface area contributed by atoms with Gasteiger partial charge in [-0.3, -0.25) is 4.90 Å². The van der Waals surface area contributed by atoms with Gasteiger partial charge in [-0.1, -0.05) is 28.1 Å². The van der Waals surface area contributed by atoms with E-state index in [0.29, 0.717) is 0 Å². The van der Waals surface area contributed by atoms with E-state index >= 15 is 0 Å². The van der Waals surface area contributed by atoms with Gasteiger partial charge >= 0.3 is 0 Å². The Morgan fingerprint density at radius 3 is 2.65 bits per heavy atom. The molecule has 2 atom stereocenters. The smallest absolute Gasteiger partial charge is 0.0245 e. The summed E-state index contributed by atoms with van der Waals surface area (Å²) in [6.45, 7) is 8.19. The number of aryl methyl sites for hydroxylation is 1. The maximum Gasteiger partial charge on any atom is 0.0245 e. The maximum atomic E-state index is 3.68. The van der Waals surface area contributed by atoms with Gasteiger partial charge in [0.25, 0.3) is 0 Å². The van der Waals surface area contributed by atoms with E-state index in [1.54, 1.807) is 0 Å². The van der Waals surface area contributed by atoms with Crippen molar-refractivity contribution in [3.05, 3.63) is 33.8 Å². The van der Waals surface area contributed by atoms with Crippen LogP contribution in [0.4, 0.5) is 0 Å². The molecule has 1 N–H and O–H groups in total. The fraction of sp³-hybridized carbons (Fsp3) is 0.571. The molecule has 2 fully saturated rings. The Labute approximate surface area is 112 Å². The molecule has 0 aliphatic carbocycles. The Hall–Kier alpha value is -0.380. The number of likely N-dealkylation sites (tertiary alicyclic amines) is 1. The van der Waals surface area contributed by atoms with E-state index in [-0.39, 0.29) is 0 Å². The summed E-state index contributed by atoms with van der Waals surface area (Å²) < 4.78 is 1.26. The molecule has 1 aromatic carbocycles. The molecule has 0 radical (unpaired) electrons. The highest BCUT2D eigenvalue weighted by atomic mass is 79.9. The molecule has 92 valence electrons. The molecular weight excluding hydrogens is 276 g/mol. The van der Waals surface area contributed by atoms with E-state index in [0.717, 1.165) is 18.4 Å². The summed E-state index contributed by atoms with van der Waals surface area (Å²) in [6, 6.07) is 6.68. The standard InChI is InChI=1S/C14H19BrN2/c1-10-2-3-11(14(15)4-10)7-17-8-12-5-16-6-13(12)9-17/h2-4,12-13,16H,5-9H2,1H3/t12-,13+. The first kappa shape index (κ1) is 11.7. The van der Waals surface area contributed by atoms with Crippen LogP contribution in [-0.2, 0) is 6.54 Å². The third-order valence-corrected chi connectivity index (χ3v) is 4.81. The molecular formula is C14H19BrN2. The molecule has 2 saturated heterocycles. The van der Waals surface area contributed by atoms with Gasteiger partial charge in [0, 0.05) is 24.1 Å². The van der Waals surface area contributed by atoms with Crippen LogP contribution in [0, 0.1) is 18.8 Å². The fourth-order valence-corrected chi connectivity index (χ4v) is 3.72. The average molecular weight is 295 g/mol. The van der Waals surface area contributed by atoms with Gasteiger partial charge in [0.2, 0.25) is 0 Å². The van der Waals surface area contributed by atoms with Crippen LogP contribution in [0.5, 0.6) is 0 Å². The summed E-state index contributed by atoms with van der Waals surface area (Å²) in [5.41, 5.74) is 2.74. The summed E-state index contributed by atoms with van der Waals surface area (Å²) in [6.07, 6.45) is 0. The van der Waals surface area contributed by atoms with Crippen LogP contribution in [0.15, 0.2) is 22.7 Å². The average Bonchev–Trinajstić information content (AvgIpc) is 2.82. The van der Waals surface area contributed by atoms with Crippen LogP contribution < -0.4 is 5.32 Å². The van der Waals surface area contributed by atoms with Crippen molar-refractivity contribution in [1.29, 1.82) is 0 Å². The molecule has 0 amide bonds. The van der Waals surface area contributed by atoms with E-state index in [9.17, 15) is 0 Å². The van der Waals surface area contributed by atoms with Crippen molar-refractivity contribution in [3.63, 3.8) is 0 Å². The SMILES string of the molecule is Cc1ccc(CN2C[C@H]3CNC[C@H]3C2)c(Br)c1. The topological polar surface area (TPSA) is 15.3 Å². The fourth-order valence-electron chi connectivity index (χ4n) is 3.10. The van der Waals surface area contributed by atoms with E-state index in [2.05, 4.69) is 51.3 Å². The first-order valence-corrected chi connectivity index (χ1v) is 7.20. The Morgan fingerprint density at radius 1 is 1.29 bits per heavy atom. The number of nitrogens with one attached hydrogen (secondary N) is 1. The molecule has 2 aliphatic rings. The lowest BCUT2D eigenvalue weighted by Crippen LogP contribution is -2.25. The van der Waals surface area contributed by atoms with Gasteiger partial charge in [0.1, 0.15) is 0 Å². The molecule has 0 spiro atoms. The molecule has 2 nitrogen and oxygen atoms in total. The second-order valence-corrected chi connectivity index (χ2v) is 6.32. The van der Waals surface area contributed by atoms with Gasteiger partial charge in [-0.15, -0.1) is 0 Å². The van der Waals surface area contributed by atoms with E-state index < -0.39 is 0 Å². The Morgan fingerprint density at radius 2 is 2.00 bits per heavy atom. The summed E-state index contributed by atoms with van der Waals surface area (Å²) in [7, 11) is 0. The minimum Gasteiger partial charge on any atom is -0.316 e. The molecule has 0 unspecified atom stereocenters. The molecule has 2 aliphatic heterocycles. The number of hydrogen-bond donors (Lipinski definition) is 1. The minimum absolute atomic E-state index is 0.888. The monoisotopic (exact) mass is 294 g/mol. The zero-order chi connectivity index (χ0) is 11.8. The van der Waals surface area contributed by atoms with Crippen LogP contribution in [0.2, 0.25) is 0 Å². The van der Waals surface area contributed by atoms with Crippen LogP contribution >= 0.6 is 15.9 Å². The van der Waals surface area contributed by atoms with Crippen molar-refractivity contribution in [2.45, 2.75) is 13.5 Å². The van der Waals surface area contributed by atoms with E-state index in [1.165, 1.54) is 41.8 Å². The van der Waals surface area contributed by atoms with E-state index in [1.807, 2.05) is 0 Å². The second kappa shape index (κ2) is 4.71. The maximum absolute atomic E-state index is 3.68.